The minimum absolute atomic E-state index is 0.0329. The molecule has 0 unspecified atom stereocenters. The first-order valence-corrected chi connectivity index (χ1v) is 8.38. The second-order valence-corrected chi connectivity index (χ2v) is 6.60. The lowest BCUT2D eigenvalue weighted by atomic mass is 10.0. The molecule has 1 aromatic heterocycles. The highest BCUT2D eigenvalue weighted by Crippen LogP contribution is 2.32. The largest absolute Gasteiger partial charge is 0.360 e. The van der Waals surface area contributed by atoms with E-state index < -0.39 is 0 Å². The third-order valence-corrected chi connectivity index (χ3v) is 4.90. The zero-order chi connectivity index (χ0) is 15.8. The Balaban J connectivity index is 1.37. The second kappa shape index (κ2) is 5.72. The van der Waals surface area contributed by atoms with E-state index in [-0.39, 0.29) is 17.9 Å². The van der Waals surface area contributed by atoms with Crippen LogP contribution in [-0.4, -0.2) is 40.8 Å². The first kappa shape index (κ1) is 14.3. The van der Waals surface area contributed by atoms with Crippen LogP contribution >= 0.6 is 0 Å². The van der Waals surface area contributed by atoms with Crippen molar-refractivity contribution in [1.29, 1.82) is 0 Å². The lowest BCUT2D eigenvalue weighted by Gasteiger charge is -2.32. The number of para-hydroxylation sites is 1. The fourth-order valence-corrected chi connectivity index (χ4v) is 3.36. The average molecular weight is 311 g/mol. The molecule has 5 heteroatoms. The van der Waals surface area contributed by atoms with Gasteiger partial charge in [-0.3, -0.25) is 9.59 Å². The van der Waals surface area contributed by atoms with Gasteiger partial charge in [0.1, 0.15) is 0 Å². The van der Waals surface area contributed by atoms with Gasteiger partial charge in [-0.25, -0.2) is 0 Å². The van der Waals surface area contributed by atoms with Gasteiger partial charge in [0.15, 0.2) is 0 Å². The van der Waals surface area contributed by atoms with Gasteiger partial charge in [0.25, 0.3) is 5.91 Å². The summed E-state index contributed by atoms with van der Waals surface area (Å²) in [5, 5.41) is 4.07. The van der Waals surface area contributed by atoms with Crippen LogP contribution < -0.4 is 5.32 Å². The molecule has 0 spiro atoms. The molecule has 1 aliphatic carbocycles. The summed E-state index contributed by atoms with van der Waals surface area (Å²) >= 11 is 0. The molecular weight excluding hydrogens is 290 g/mol. The van der Waals surface area contributed by atoms with E-state index in [1.807, 2.05) is 29.2 Å². The fourth-order valence-electron chi connectivity index (χ4n) is 3.36. The van der Waals surface area contributed by atoms with Crippen molar-refractivity contribution in [3.05, 3.63) is 36.0 Å². The number of hydrogen-bond acceptors (Lipinski definition) is 2. The molecule has 2 amide bonds. The number of H-pyrrole nitrogens is 1. The van der Waals surface area contributed by atoms with Crippen LogP contribution in [0.25, 0.3) is 10.9 Å². The topological polar surface area (TPSA) is 65.2 Å². The highest BCUT2D eigenvalue weighted by Gasteiger charge is 2.35. The number of benzene rings is 1. The number of rotatable bonds is 3. The maximum Gasteiger partial charge on any atom is 0.253 e. The highest BCUT2D eigenvalue weighted by molar-refractivity contribution is 6.06. The molecule has 2 N–H and O–H groups in total. The smallest absolute Gasteiger partial charge is 0.253 e. The predicted octanol–water partition coefficient (Wildman–Crippen LogP) is 2.30. The molecule has 1 aromatic carbocycles. The number of likely N-dealkylation sites (tertiary alicyclic amines) is 1. The number of aromatic nitrogens is 1. The number of carbonyl (C=O) groups excluding carboxylic acids is 2. The van der Waals surface area contributed by atoms with E-state index >= 15 is 0 Å². The quantitative estimate of drug-likeness (QED) is 0.913. The number of nitrogens with zero attached hydrogens (tertiary/aromatic N) is 1. The average Bonchev–Trinajstić information content (AvgIpc) is 3.34. The standard InChI is InChI=1S/C18H21N3O2/c22-17(15-11-19-16-4-2-1-3-14(15)16)20-13-7-9-21(10-8-13)18(23)12-5-6-12/h1-4,11-13,19H,5-10H2,(H,20,22). The van der Waals surface area contributed by atoms with E-state index in [2.05, 4.69) is 10.3 Å². The van der Waals surface area contributed by atoms with Crippen LogP contribution in [0.5, 0.6) is 0 Å². The Hall–Kier alpha value is -2.30. The summed E-state index contributed by atoms with van der Waals surface area (Å²) in [7, 11) is 0. The number of nitrogens with one attached hydrogen (secondary N) is 2. The molecular formula is C18H21N3O2. The summed E-state index contributed by atoms with van der Waals surface area (Å²) < 4.78 is 0. The van der Waals surface area contributed by atoms with Crippen molar-refractivity contribution in [2.75, 3.05) is 13.1 Å². The molecule has 120 valence electrons. The zero-order valence-electron chi connectivity index (χ0n) is 13.0. The molecule has 0 bridgehead atoms. The van der Waals surface area contributed by atoms with Crippen LogP contribution in [0.15, 0.2) is 30.5 Å². The van der Waals surface area contributed by atoms with E-state index in [4.69, 9.17) is 0 Å². The summed E-state index contributed by atoms with van der Waals surface area (Å²) in [5.74, 6) is 0.563. The molecule has 23 heavy (non-hydrogen) atoms. The van der Waals surface area contributed by atoms with Crippen molar-refractivity contribution in [3.8, 4) is 0 Å². The highest BCUT2D eigenvalue weighted by atomic mass is 16.2. The number of hydrogen-bond donors (Lipinski definition) is 2. The SMILES string of the molecule is O=C(NC1CCN(C(=O)C2CC2)CC1)c1c[nH]c2ccccc12. The number of aromatic amines is 1. The second-order valence-electron chi connectivity index (χ2n) is 6.60. The summed E-state index contributed by atoms with van der Waals surface area (Å²) in [4.78, 5) is 29.7. The van der Waals surface area contributed by atoms with Crippen LogP contribution in [0.4, 0.5) is 0 Å². The number of amides is 2. The van der Waals surface area contributed by atoms with Gasteiger partial charge in [-0.05, 0) is 31.7 Å². The van der Waals surface area contributed by atoms with Crippen LogP contribution in [0.3, 0.4) is 0 Å². The molecule has 0 atom stereocenters. The summed E-state index contributed by atoms with van der Waals surface area (Å²) in [6.45, 7) is 1.52. The van der Waals surface area contributed by atoms with Gasteiger partial charge >= 0.3 is 0 Å². The minimum Gasteiger partial charge on any atom is -0.360 e. The molecule has 1 saturated carbocycles. The predicted molar refractivity (Wildman–Crippen MR) is 88.1 cm³/mol. The van der Waals surface area contributed by atoms with E-state index in [9.17, 15) is 9.59 Å². The lowest BCUT2D eigenvalue weighted by Crippen LogP contribution is -2.47. The maximum atomic E-state index is 12.5. The van der Waals surface area contributed by atoms with Gasteiger partial charge in [0, 0.05) is 42.1 Å². The van der Waals surface area contributed by atoms with Gasteiger partial charge in [0.05, 0.1) is 5.56 Å². The third kappa shape index (κ3) is 2.83. The van der Waals surface area contributed by atoms with Crippen LogP contribution in [0, 0.1) is 5.92 Å². The minimum atomic E-state index is -0.0329. The normalized spacial score (nSPS) is 19.0. The van der Waals surface area contributed by atoms with Crippen molar-refractivity contribution in [3.63, 3.8) is 0 Å². The Morgan fingerprint density at radius 1 is 1.09 bits per heavy atom. The van der Waals surface area contributed by atoms with Crippen molar-refractivity contribution in [1.82, 2.24) is 15.2 Å². The molecule has 5 nitrogen and oxygen atoms in total. The molecule has 1 saturated heterocycles. The molecule has 2 aromatic rings. The molecule has 1 aliphatic heterocycles. The number of piperidine rings is 1. The fraction of sp³-hybridized carbons (Fsp3) is 0.444. The number of fused-ring (bicyclic) bond motifs is 1. The van der Waals surface area contributed by atoms with Gasteiger partial charge in [-0.1, -0.05) is 18.2 Å². The van der Waals surface area contributed by atoms with Crippen molar-refractivity contribution in [2.45, 2.75) is 31.7 Å². The molecule has 0 radical (unpaired) electrons. The van der Waals surface area contributed by atoms with Gasteiger partial charge in [-0.15, -0.1) is 0 Å². The zero-order valence-corrected chi connectivity index (χ0v) is 13.0. The monoisotopic (exact) mass is 311 g/mol. The van der Waals surface area contributed by atoms with Crippen molar-refractivity contribution < 1.29 is 9.59 Å². The Labute approximate surface area is 135 Å². The van der Waals surface area contributed by atoms with Gasteiger partial charge in [0.2, 0.25) is 5.91 Å². The van der Waals surface area contributed by atoms with Crippen molar-refractivity contribution in [2.24, 2.45) is 5.92 Å². The summed E-state index contributed by atoms with van der Waals surface area (Å²) in [6.07, 6.45) is 5.55. The number of carbonyl (C=O) groups is 2. The van der Waals surface area contributed by atoms with Crippen LogP contribution in [0.1, 0.15) is 36.0 Å². The molecule has 2 fully saturated rings. The molecule has 2 heterocycles. The van der Waals surface area contributed by atoms with E-state index in [1.54, 1.807) is 6.20 Å². The van der Waals surface area contributed by atoms with E-state index in [0.29, 0.717) is 11.5 Å². The van der Waals surface area contributed by atoms with Crippen molar-refractivity contribution >= 4 is 22.7 Å². The molecule has 4 rings (SSSR count). The Morgan fingerprint density at radius 2 is 1.83 bits per heavy atom. The van der Waals surface area contributed by atoms with Crippen LogP contribution in [0.2, 0.25) is 0 Å². The van der Waals surface area contributed by atoms with E-state index in [1.165, 1.54) is 0 Å². The Morgan fingerprint density at radius 3 is 2.57 bits per heavy atom. The first-order chi connectivity index (χ1) is 11.2. The van der Waals surface area contributed by atoms with Gasteiger partial charge in [-0.2, -0.15) is 0 Å². The molecule has 2 aliphatic rings. The summed E-state index contributed by atoms with van der Waals surface area (Å²) in [5.41, 5.74) is 1.67. The third-order valence-electron chi connectivity index (χ3n) is 4.90. The van der Waals surface area contributed by atoms with Gasteiger partial charge < -0.3 is 15.2 Å². The maximum absolute atomic E-state index is 12.5. The first-order valence-electron chi connectivity index (χ1n) is 8.38. The lowest BCUT2D eigenvalue weighted by molar-refractivity contribution is -0.133. The Kier molecular flexibility index (Phi) is 3.56. The summed E-state index contributed by atoms with van der Waals surface area (Å²) in [6, 6.07) is 7.97. The van der Waals surface area contributed by atoms with E-state index in [0.717, 1.165) is 49.7 Å². The van der Waals surface area contributed by atoms with Crippen LogP contribution in [-0.2, 0) is 4.79 Å². The Bertz CT molecular complexity index is 740.